The summed E-state index contributed by atoms with van der Waals surface area (Å²) in [5.74, 6) is 0. The van der Waals surface area contributed by atoms with Crippen molar-refractivity contribution in [3.63, 3.8) is 0 Å². The van der Waals surface area contributed by atoms with E-state index in [1.165, 1.54) is 0 Å². The van der Waals surface area contributed by atoms with E-state index in [0.29, 0.717) is 16.6 Å². The lowest BCUT2D eigenvalue weighted by molar-refractivity contribution is 0.650. The Morgan fingerprint density at radius 3 is 2.50 bits per heavy atom. The molecule has 2 aromatic carbocycles. The van der Waals surface area contributed by atoms with Gasteiger partial charge < -0.3 is 0 Å². The van der Waals surface area contributed by atoms with Gasteiger partial charge in [-0.15, -0.1) is 5.10 Å². The van der Waals surface area contributed by atoms with Gasteiger partial charge in [-0.05, 0) is 17.7 Å². The van der Waals surface area contributed by atoms with E-state index in [-0.39, 0.29) is 0 Å². The van der Waals surface area contributed by atoms with Crippen molar-refractivity contribution in [2.75, 3.05) is 0 Å². The third-order valence-electron chi connectivity index (χ3n) is 2.94. The van der Waals surface area contributed by atoms with Gasteiger partial charge in [0.1, 0.15) is 5.69 Å². The van der Waals surface area contributed by atoms with Gasteiger partial charge in [0.2, 0.25) is 0 Å². The molecule has 0 aliphatic rings. The van der Waals surface area contributed by atoms with Crippen LogP contribution in [0.5, 0.6) is 0 Å². The molecule has 3 rings (SSSR count). The summed E-state index contributed by atoms with van der Waals surface area (Å²) in [6, 6.07) is 15.5. The van der Waals surface area contributed by atoms with Crippen LogP contribution in [-0.4, -0.2) is 15.0 Å². The summed E-state index contributed by atoms with van der Waals surface area (Å²) in [6.07, 6.45) is 1.91. The summed E-state index contributed by atoms with van der Waals surface area (Å²) in [6.45, 7) is 0.608. The Bertz CT molecular complexity index is 723. The summed E-state index contributed by atoms with van der Waals surface area (Å²) in [7, 11) is 0. The maximum absolute atomic E-state index is 6.00. The molecule has 3 aromatic rings. The van der Waals surface area contributed by atoms with Gasteiger partial charge in [-0.3, -0.25) is 0 Å². The fourth-order valence-electron chi connectivity index (χ4n) is 1.94. The highest BCUT2D eigenvalue weighted by Crippen LogP contribution is 2.23. The molecule has 0 amide bonds. The lowest BCUT2D eigenvalue weighted by Gasteiger charge is -2.02. The Morgan fingerprint density at radius 2 is 1.75 bits per heavy atom. The molecule has 0 aliphatic heterocycles. The monoisotopic (exact) mass is 303 g/mol. The van der Waals surface area contributed by atoms with Crippen molar-refractivity contribution in [1.82, 2.24) is 15.0 Å². The third-order valence-corrected chi connectivity index (χ3v) is 3.68. The number of nitrogens with zero attached hydrogens (tertiary/aromatic N) is 3. The molecule has 0 bridgehead atoms. The van der Waals surface area contributed by atoms with Gasteiger partial charge in [0, 0.05) is 5.56 Å². The molecule has 0 spiro atoms. The minimum atomic E-state index is 0.549. The molecule has 0 saturated heterocycles. The molecule has 0 radical (unpaired) electrons. The second kappa shape index (κ2) is 5.65. The van der Waals surface area contributed by atoms with Gasteiger partial charge in [0.25, 0.3) is 0 Å². The molecule has 5 heteroatoms. The highest BCUT2D eigenvalue weighted by Gasteiger charge is 2.05. The second-order valence-corrected chi connectivity index (χ2v) is 5.23. The van der Waals surface area contributed by atoms with Crippen LogP contribution in [0.3, 0.4) is 0 Å². The quantitative estimate of drug-likeness (QED) is 0.722. The maximum atomic E-state index is 6.00. The topological polar surface area (TPSA) is 30.7 Å². The molecule has 0 fully saturated rings. The van der Waals surface area contributed by atoms with E-state index in [1.807, 2.05) is 48.7 Å². The van der Waals surface area contributed by atoms with Gasteiger partial charge in [0.05, 0.1) is 22.8 Å². The molecule has 100 valence electrons. The Morgan fingerprint density at radius 1 is 0.950 bits per heavy atom. The smallest absolute Gasteiger partial charge is 0.113 e. The number of halogens is 2. The van der Waals surface area contributed by atoms with Crippen LogP contribution in [0.4, 0.5) is 0 Å². The number of rotatable bonds is 3. The van der Waals surface area contributed by atoms with Crippen molar-refractivity contribution >= 4 is 23.2 Å². The van der Waals surface area contributed by atoms with E-state index in [0.717, 1.165) is 16.8 Å². The van der Waals surface area contributed by atoms with Gasteiger partial charge >= 0.3 is 0 Å². The van der Waals surface area contributed by atoms with Crippen LogP contribution >= 0.6 is 23.2 Å². The minimum Gasteiger partial charge on any atom is -0.247 e. The third kappa shape index (κ3) is 2.84. The Kier molecular flexibility index (Phi) is 3.72. The van der Waals surface area contributed by atoms with E-state index >= 15 is 0 Å². The molecule has 0 aliphatic carbocycles. The molecule has 1 aromatic heterocycles. The first-order valence-electron chi connectivity index (χ1n) is 6.12. The standard InChI is InChI=1S/C15H11Cl2N3/c16-13-7-6-11(8-14(13)17)9-20-10-15(18-19-20)12-4-2-1-3-5-12/h1-8,10H,9H2. The van der Waals surface area contributed by atoms with Crippen LogP contribution in [0.2, 0.25) is 10.0 Å². The van der Waals surface area contributed by atoms with Crippen molar-refractivity contribution in [2.24, 2.45) is 0 Å². The van der Waals surface area contributed by atoms with Crippen LogP contribution in [0.15, 0.2) is 54.7 Å². The van der Waals surface area contributed by atoms with E-state index in [4.69, 9.17) is 23.2 Å². The minimum absolute atomic E-state index is 0.549. The van der Waals surface area contributed by atoms with Crippen molar-refractivity contribution in [2.45, 2.75) is 6.54 Å². The molecular formula is C15H11Cl2N3. The number of benzene rings is 2. The highest BCUT2D eigenvalue weighted by atomic mass is 35.5. The SMILES string of the molecule is Clc1ccc(Cn2cc(-c3ccccc3)nn2)cc1Cl. The number of hydrogen-bond donors (Lipinski definition) is 0. The van der Waals surface area contributed by atoms with Crippen molar-refractivity contribution in [1.29, 1.82) is 0 Å². The lowest BCUT2D eigenvalue weighted by Crippen LogP contribution is -2.00. The van der Waals surface area contributed by atoms with E-state index in [9.17, 15) is 0 Å². The highest BCUT2D eigenvalue weighted by molar-refractivity contribution is 6.42. The molecule has 0 unspecified atom stereocenters. The second-order valence-electron chi connectivity index (χ2n) is 4.42. The largest absolute Gasteiger partial charge is 0.247 e. The van der Waals surface area contributed by atoms with Crippen LogP contribution < -0.4 is 0 Å². The van der Waals surface area contributed by atoms with Gasteiger partial charge in [0.15, 0.2) is 0 Å². The van der Waals surface area contributed by atoms with Crippen LogP contribution in [0.25, 0.3) is 11.3 Å². The fraction of sp³-hybridized carbons (Fsp3) is 0.0667. The van der Waals surface area contributed by atoms with Crippen molar-refractivity contribution in [3.05, 3.63) is 70.3 Å². The van der Waals surface area contributed by atoms with Crippen LogP contribution in [0.1, 0.15) is 5.56 Å². The van der Waals surface area contributed by atoms with Gasteiger partial charge in [-0.2, -0.15) is 0 Å². The molecule has 0 N–H and O–H groups in total. The zero-order valence-corrected chi connectivity index (χ0v) is 12.0. The van der Waals surface area contributed by atoms with Gasteiger partial charge in [-0.25, -0.2) is 4.68 Å². The number of hydrogen-bond acceptors (Lipinski definition) is 2. The predicted molar refractivity (Wildman–Crippen MR) is 81.0 cm³/mol. The fourth-order valence-corrected chi connectivity index (χ4v) is 2.26. The zero-order chi connectivity index (χ0) is 13.9. The summed E-state index contributed by atoms with van der Waals surface area (Å²) < 4.78 is 1.78. The average Bonchev–Trinajstić information content (AvgIpc) is 2.92. The van der Waals surface area contributed by atoms with Crippen molar-refractivity contribution in [3.8, 4) is 11.3 Å². The normalized spacial score (nSPS) is 10.7. The first-order valence-corrected chi connectivity index (χ1v) is 6.87. The number of aromatic nitrogens is 3. The maximum Gasteiger partial charge on any atom is 0.113 e. The Balaban J connectivity index is 1.82. The first kappa shape index (κ1) is 13.2. The average molecular weight is 304 g/mol. The summed E-state index contributed by atoms with van der Waals surface area (Å²) >= 11 is 11.9. The van der Waals surface area contributed by atoms with E-state index in [1.54, 1.807) is 10.7 Å². The molecule has 1 heterocycles. The van der Waals surface area contributed by atoms with Crippen molar-refractivity contribution < 1.29 is 0 Å². The van der Waals surface area contributed by atoms with E-state index < -0.39 is 0 Å². The summed E-state index contributed by atoms with van der Waals surface area (Å²) in [5, 5.41) is 9.41. The zero-order valence-electron chi connectivity index (χ0n) is 10.5. The molecule has 0 saturated carbocycles. The molecule has 20 heavy (non-hydrogen) atoms. The summed E-state index contributed by atoms with van der Waals surface area (Å²) in [5.41, 5.74) is 2.93. The lowest BCUT2D eigenvalue weighted by atomic mass is 10.2. The summed E-state index contributed by atoms with van der Waals surface area (Å²) in [4.78, 5) is 0. The molecule has 0 atom stereocenters. The molecule has 3 nitrogen and oxygen atoms in total. The van der Waals surface area contributed by atoms with E-state index in [2.05, 4.69) is 10.3 Å². The predicted octanol–water partition coefficient (Wildman–Crippen LogP) is 4.30. The molecular weight excluding hydrogens is 293 g/mol. The first-order chi connectivity index (χ1) is 9.72. The van der Waals surface area contributed by atoms with Crippen LogP contribution in [-0.2, 0) is 6.54 Å². The van der Waals surface area contributed by atoms with Gasteiger partial charge in [-0.1, -0.05) is 64.8 Å². The van der Waals surface area contributed by atoms with Crippen LogP contribution in [0, 0.1) is 0 Å². The Hall–Kier alpha value is -1.84. The Labute approximate surface area is 126 Å².